The number of imidazole rings is 1. The van der Waals surface area contributed by atoms with Gasteiger partial charge in [-0.15, -0.1) is 11.3 Å². The maximum atomic E-state index is 11.8. The number of halogens is 1. The molecule has 1 aromatic carbocycles. The number of hydrogen-bond acceptors (Lipinski definition) is 5. The quantitative estimate of drug-likeness (QED) is 0.398. The Morgan fingerprint density at radius 2 is 2.26 bits per heavy atom. The number of fused-ring (bicyclic) bond motifs is 1. The van der Waals surface area contributed by atoms with Crippen LogP contribution in [0.15, 0.2) is 50.4 Å². The molecule has 0 radical (unpaired) electrons. The molecule has 5 nitrogen and oxygen atoms in total. The minimum absolute atomic E-state index is 0.158. The number of hydrazone groups is 1. The summed E-state index contributed by atoms with van der Waals surface area (Å²) in [6.07, 6.45) is 1.63. The molecule has 118 valence electrons. The first-order chi connectivity index (χ1) is 11.1. The fourth-order valence-electron chi connectivity index (χ4n) is 1.98. The predicted octanol–water partition coefficient (Wildman–Crippen LogP) is 3.64. The molecular weight excluding hydrogens is 396 g/mol. The summed E-state index contributed by atoms with van der Waals surface area (Å²) >= 11 is 6.33. The smallest absolute Gasteiger partial charge is 0.250 e. The molecule has 23 heavy (non-hydrogen) atoms. The molecule has 0 atom stereocenters. The van der Waals surface area contributed by atoms with Crippen LogP contribution in [0.25, 0.3) is 11.0 Å². The Labute approximate surface area is 149 Å². The fraction of sp³-hybridized carbons (Fsp3) is 0.133. The monoisotopic (exact) mass is 408 g/mol. The second kappa shape index (κ2) is 7.29. The zero-order valence-corrected chi connectivity index (χ0v) is 15.4. The van der Waals surface area contributed by atoms with E-state index in [1.54, 1.807) is 17.6 Å². The molecule has 2 aromatic heterocycles. The molecule has 1 amide bonds. The van der Waals surface area contributed by atoms with E-state index in [-0.39, 0.29) is 11.7 Å². The number of benzene rings is 1. The number of carbonyl (C=O) groups is 1. The van der Waals surface area contributed by atoms with Crippen LogP contribution in [0.5, 0.6) is 0 Å². The van der Waals surface area contributed by atoms with Gasteiger partial charge in [0.1, 0.15) is 0 Å². The van der Waals surface area contributed by atoms with Crippen molar-refractivity contribution >= 4 is 62.2 Å². The molecule has 3 aromatic rings. The Morgan fingerprint density at radius 3 is 3.00 bits per heavy atom. The highest BCUT2D eigenvalue weighted by Crippen LogP contribution is 2.22. The molecule has 0 saturated heterocycles. The first kappa shape index (κ1) is 16.2. The van der Waals surface area contributed by atoms with Crippen LogP contribution in [-0.2, 0) is 11.8 Å². The topological polar surface area (TPSA) is 59.3 Å². The van der Waals surface area contributed by atoms with Gasteiger partial charge in [0.05, 0.1) is 26.8 Å². The maximum Gasteiger partial charge on any atom is 0.250 e. The predicted molar refractivity (Wildman–Crippen MR) is 99.2 cm³/mol. The third-order valence-electron chi connectivity index (χ3n) is 3.05. The minimum Gasteiger partial charge on any atom is -0.322 e. The lowest BCUT2D eigenvalue weighted by molar-refractivity contribution is -0.118. The summed E-state index contributed by atoms with van der Waals surface area (Å²) in [5.74, 6) is 0.108. The zero-order valence-electron chi connectivity index (χ0n) is 12.2. The van der Waals surface area contributed by atoms with Gasteiger partial charge in [0.25, 0.3) is 5.91 Å². The van der Waals surface area contributed by atoms with Crippen molar-refractivity contribution in [2.45, 2.75) is 5.16 Å². The van der Waals surface area contributed by atoms with E-state index in [0.29, 0.717) is 0 Å². The molecule has 0 saturated carbocycles. The maximum absolute atomic E-state index is 11.8. The Kier molecular flexibility index (Phi) is 5.14. The molecule has 0 fully saturated rings. The van der Waals surface area contributed by atoms with Crippen molar-refractivity contribution in [3.8, 4) is 0 Å². The largest absolute Gasteiger partial charge is 0.322 e. The molecule has 0 unspecified atom stereocenters. The van der Waals surface area contributed by atoms with E-state index in [1.165, 1.54) is 11.8 Å². The van der Waals surface area contributed by atoms with Crippen LogP contribution in [0.3, 0.4) is 0 Å². The Balaban J connectivity index is 1.56. The van der Waals surface area contributed by atoms with Crippen LogP contribution in [0.4, 0.5) is 0 Å². The van der Waals surface area contributed by atoms with E-state index in [4.69, 9.17) is 0 Å². The molecule has 0 bridgehead atoms. The van der Waals surface area contributed by atoms with Crippen molar-refractivity contribution in [1.29, 1.82) is 0 Å². The molecule has 1 N–H and O–H groups in total. The highest BCUT2D eigenvalue weighted by molar-refractivity contribution is 9.11. The number of thioether (sulfide) groups is 1. The van der Waals surface area contributed by atoms with Crippen molar-refractivity contribution in [2.24, 2.45) is 12.1 Å². The summed E-state index contributed by atoms with van der Waals surface area (Å²) in [5, 5.41) is 4.77. The summed E-state index contributed by atoms with van der Waals surface area (Å²) in [7, 11) is 1.95. The average molecular weight is 409 g/mol. The van der Waals surface area contributed by atoms with E-state index in [9.17, 15) is 4.79 Å². The molecule has 0 spiro atoms. The summed E-state index contributed by atoms with van der Waals surface area (Å²) in [6, 6.07) is 11.8. The number of rotatable bonds is 5. The first-order valence-electron chi connectivity index (χ1n) is 6.75. The van der Waals surface area contributed by atoms with Crippen LogP contribution in [0.2, 0.25) is 0 Å². The molecular formula is C15H13BrN4OS2. The number of para-hydroxylation sites is 2. The highest BCUT2D eigenvalue weighted by atomic mass is 79.9. The third kappa shape index (κ3) is 4.01. The highest BCUT2D eigenvalue weighted by Gasteiger charge is 2.09. The van der Waals surface area contributed by atoms with Gasteiger partial charge >= 0.3 is 0 Å². The van der Waals surface area contributed by atoms with E-state index < -0.39 is 0 Å². The number of aryl methyl sites for hydroxylation is 1. The molecule has 0 aliphatic heterocycles. The van der Waals surface area contributed by atoms with Crippen molar-refractivity contribution in [1.82, 2.24) is 15.0 Å². The fourth-order valence-corrected chi connectivity index (χ4v) is 4.06. The lowest BCUT2D eigenvalue weighted by Gasteiger charge is -2.01. The summed E-state index contributed by atoms with van der Waals surface area (Å²) < 4.78 is 3.02. The van der Waals surface area contributed by atoms with Gasteiger partial charge in [0, 0.05) is 11.9 Å². The number of aromatic nitrogens is 2. The van der Waals surface area contributed by atoms with E-state index in [1.807, 2.05) is 48.0 Å². The zero-order chi connectivity index (χ0) is 16.2. The second-order valence-corrected chi connectivity index (χ2v) is 8.10. The lowest BCUT2D eigenvalue weighted by atomic mass is 10.3. The lowest BCUT2D eigenvalue weighted by Crippen LogP contribution is -2.19. The number of amides is 1. The van der Waals surface area contributed by atoms with Crippen LogP contribution in [0, 0.1) is 0 Å². The number of hydrogen-bond donors (Lipinski definition) is 1. The van der Waals surface area contributed by atoms with Crippen LogP contribution in [-0.4, -0.2) is 27.4 Å². The number of thiophene rings is 1. The van der Waals surface area contributed by atoms with Gasteiger partial charge < -0.3 is 4.57 Å². The van der Waals surface area contributed by atoms with Crippen LogP contribution in [0.1, 0.15) is 4.88 Å². The molecule has 0 aliphatic carbocycles. The third-order valence-corrected chi connectivity index (χ3v) is 5.64. The van der Waals surface area contributed by atoms with Gasteiger partial charge in [-0.3, -0.25) is 4.79 Å². The normalized spacial score (nSPS) is 11.4. The van der Waals surface area contributed by atoms with Crippen molar-refractivity contribution < 1.29 is 4.79 Å². The van der Waals surface area contributed by atoms with Crippen LogP contribution >= 0.6 is 39.0 Å². The van der Waals surface area contributed by atoms with Crippen molar-refractivity contribution in [3.05, 3.63) is 45.1 Å². The summed E-state index contributed by atoms with van der Waals surface area (Å²) in [6.45, 7) is 0. The van der Waals surface area contributed by atoms with Gasteiger partial charge in [0.2, 0.25) is 0 Å². The number of nitrogens with zero attached hydrogens (tertiary/aromatic N) is 3. The Hall–Kier alpha value is -1.64. The van der Waals surface area contributed by atoms with Gasteiger partial charge in [-0.05, 0) is 40.2 Å². The Morgan fingerprint density at radius 1 is 1.43 bits per heavy atom. The van der Waals surface area contributed by atoms with E-state index in [2.05, 4.69) is 31.4 Å². The minimum atomic E-state index is -0.158. The van der Waals surface area contributed by atoms with Gasteiger partial charge in [-0.2, -0.15) is 5.10 Å². The van der Waals surface area contributed by atoms with Gasteiger partial charge in [0.15, 0.2) is 5.16 Å². The van der Waals surface area contributed by atoms with E-state index in [0.717, 1.165) is 24.9 Å². The SMILES string of the molecule is Cn1c(SCC(=O)N/N=C\c2ccc(Br)s2)nc2ccccc21. The first-order valence-corrected chi connectivity index (χ1v) is 9.34. The van der Waals surface area contributed by atoms with Crippen LogP contribution < -0.4 is 5.43 Å². The van der Waals surface area contributed by atoms with Gasteiger partial charge in [-0.25, -0.2) is 10.4 Å². The molecule has 8 heteroatoms. The average Bonchev–Trinajstić information content (AvgIpc) is 3.10. The molecule has 2 heterocycles. The van der Waals surface area contributed by atoms with Crippen molar-refractivity contribution in [3.63, 3.8) is 0 Å². The van der Waals surface area contributed by atoms with Crippen molar-refractivity contribution in [2.75, 3.05) is 5.75 Å². The van der Waals surface area contributed by atoms with E-state index >= 15 is 0 Å². The van der Waals surface area contributed by atoms with Gasteiger partial charge in [-0.1, -0.05) is 23.9 Å². The standard InChI is InChI=1S/C15H13BrN4OS2/c1-20-12-5-3-2-4-11(12)18-15(20)22-9-14(21)19-17-8-10-6-7-13(16)23-10/h2-8H,9H2,1H3,(H,19,21)/b17-8-. The second-order valence-electron chi connectivity index (χ2n) is 4.67. The number of nitrogens with one attached hydrogen (secondary N) is 1. The molecule has 0 aliphatic rings. The summed E-state index contributed by atoms with van der Waals surface area (Å²) in [5.41, 5.74) is 4.51. The Bertz CT molecular complexity index is 871. The number of carbonyl (C=O) groups excluding carboxylic acids is 1. The molecule has 3 rings (SSSR count). The summed E-state index contributed by atoms with van der Waals surface area (Å²) in [4.78, 5) is 17.3.